The average Bonchev–Trinajstić information content (AvgIpc) is 2.83. The van der Waals surface area contributed by atoms with Crippen molar-refractivity contribution in [1.82, 2.24) is 19.5 Å². The summed E-state index contributed by atoms with van der Waals surface area (Å²) in [7, 11) is 0. The third-order valence-electron chi connectivity index (χ3n) is 4.66. The molecule has 2 aromatic heterocycles. The fraction of sp³-hybridized carbons (Fsp3) is 0.190. The van der Waals surface area contributed by atoms with Crippen molar-refractivity contribution in [3.05, 3.63) is 89.1 Å². The van der Waals surface area contributed by atoms with E-state index in [9.17, 15) is 32.6 Å². The molecule has 3 heterocycles. The van der Waals surface area contributed by atoms with Crippen LogP contribution in [-0.2, 0) is 28.6 Å². The first kappa shape index (κ1) is 27.9. The Kier molecular flexibility index (Phi) is 10.8. The quantitative estimate of drug-likeness (QED) is 0.321. The van der Waals surface area contributed by atoms with E-state index in [4.69, 9.17) is 3.54 Å². The second kappa shape index (κ2) is 13.5. The van der Waals surface area contributed by atoms with Gasteiger partial charge < -0.3 is 28.3 Å². The number of hydrogen-bond acceptors (Lipinski definition) is 8. The monoisotopic (exact) mass is 672 g/mol. The van der Waals surface area contributed by atoms with Crippen LogP contribution in [0.25, 0.3) is 5.57 Å². The summed E-state index contributed by atoms with van der Waals surface area (Å²) in [6.45, 7) is -2.23. The molecular weight excluding hydrogens is 652 g/mol. The minimum absolute atomic E-state index is 0.0931. The summed E-state index contributed by atoms with van der Waals surface area (Å²) in [5.74, 6) is -0.203. The number of β-amino-alcohol motifs (C(OH)–C–C–N with tert-alkyl or cyclic N) is 1. The van der Waals surface area contributed by atoms with Crippen LogP contribution in [0.15, 0.2) is 59.8 Å². The number of pyridine rings is 1. The topological polar surface area (TPSA) is 121 Å². The van der Waals surface area contributed by atoms with Crippen LogP contribution in [0.4, 0.5) is 23.5 Å². The summed E-state index contributed by atoms with van der Waals surface area (Å²) >= 11 is 0.611. The molecule has 1 aromatic carbocycles. The molecule has 188 valence electrons. The summed E-state index contributed by atoms with van der Waals surface area (Å²) < 4.78 is 51.5. The molecule has 0 aliphatic carbocycles. The molecule has 0 bridgehead atoms. The molecule has 0 saturated carbocycles. The van der Waals surface area contributed by atoms with Gasteiger partial charge in [0.15, 0.2) is 6.68 Å². The number of aliphatic hydroxyl groups excluding tert-OH is 1. The minimum atomic E-state index is -3.08. The first-order valence-corrected chi connectivity index (χ1v) is 10.7. The van der Waals surface area contributed by atoms with Crippen LogP contribution in [0.5, 0.6) is 5.88 Å². The van der Waals surface area contributed by atoms with Crippen LogP contribution in [0.1, 0.15) is 11.1 Å². The summed E-state index contributed by atoms with van der Waals surface area (Å²) in [5.41, 5.74) is 1.69. The summed E-state index contributed by atoms with van der Waals surface area (Å²) in [6.07, 6.45) is 3.86. The van der Waals surface area contributed by atoms with Gasteiger partial charge in [-0.1, -0.05) is 24.3 Å². The van der Waals surface area contributed by atoms with Crippen molar-refractivity contribution >= 4 is 11.5 Å². The molecule has 1 unspecified atom stereocenters. The summed E-state index contributed by atoms with van der Waals surface area (Å²) in [4.78, 5) is 26.1. The third-order valence-corrected chi connectivity index (χ3v) is 4.66. The predicted molar refractivity (Wildman–Crippen MR) is 111 cm³/mol. The van der Waals surface area contributed by atoms with Crippen molar-refractivity contribution in [3.8, 4) is 5.88 Å². The van der Waals surface area contributed by atoms with Crippen LogP contribution in [0.3, 0.4) is 0 Å². The van der Waals surface area contributed by atoms with Gasteiger partial charge in [-0.2, -0.15) is 4.98 Å². The maximum atomic E-state index is 13.1. The van der Waals surface area contributed by atoms with Gasteiger partial charge in [-0.3, -0.25) is 4.57 Å². The molecule has 0 radical (unpaired) electrons. The third kappa shape index (κ3) is 8.42. The summed E-state index contributed by atoms with van der Waals surface area (Å²) in [5, 5.41) is 19.7. The molecule has 1 aliphatic rings. The number of hydrogen-bond donors (Lipinski definition) is 2. The van der Waals surface area contributed by atoms with Crippen molar-refractivity contribution in [2.24, 2.45) is 0 Å². The van der Waals surface area contributed by atoms with E-state index in [1.807, 2.05) is 6.08 Å². The molecule has 14 heteroatoms. The van der Waals surface area contributed by atoms with Gasteiger partial charge in [0.2, 0.25) is 11.8 Å². The van der Waals surface area contributed by atoms with E-state index in [2.05, 4.69) is 15.0 Å². The normalized spacial score (nSPS) is 14.9. The molecule has 1 aliphatic heterocycles. The van der Waals surface area contributed by atoms with E-state index < -0.39 is 18.5 Å². The number of aliphatic hydroxyl groups is 1. The molecule has 3 aromatic rings. The van der Waals surface area contributed by atoms with Crippen LogP contribution >= 0.6 is 0 Å². The Balaban J connectivity index is 0.000000655. The molecule has 4 rings (SSSR count). The Labute approximate surface area is 206 Å². The van der Waals surface area contributed by atoms with E-state index in [-0.39, 0.29) is 30.7 Å². The average molecular weight is 671 g/mol. The Morgan fingerprint density at radius 3 is 2.29 bits per heavy atom. The van der Waals surface area contributed by atoms with Crippen LogP contribution in [0, 0.1) is 12.5 Å². The molecule has 35 heavy (non-hydrogen) atoms. The fourth-order valence-corrected chi connectivity index (χ4v) is 3.16. The Morgan fingerprint density at radius 2 is 1.74 bits per heavy atom. The van der Waals surface area contributed by atoms with E-state index in [0.717, 1.165) is 11.1 Å². The molecule has 0 amide bonds. The summed E-state index contributed by atoms with van der Waals surface area (Å²) in [6, 6.07) is 9.04. The van der Waals surface area contributed by atoms with Crippen molar-refractivity contribution in [3.63, 3.8) is 0 Å². The Morgan fingerprint density at radius 1 is 1.09 bits per heavy atom. The van der Waals surface area contributed by atoms with Gasteiger partial charge in [-0.25, -0.2) is 19.2 Å². The van der Waals surface area contributed by atoms with Crippen molar-refractivity contribution in [1.29, 1.82) is 0 Å². The van der Waals surface area contributed by atoms with E-state index in [1.54, 1.807) is 23.1 Å². The van der Waals surface area contributed by atoms with Crippen molar-refractivity contribution < 1.29 is 49.9 Å². The zero-order chi connectivity index (χ0) is 26.0. The molecule has 0 saturated heterocycles. The number of aromatic hydroxyl groups is 1. The van der Waals surface area contributed by atoms with Gasteiger partial charge in [0.05, 0.1) is 19.2 Å². The number of anilines is 1. The zero-order valence-corrected chi connectivity index (χ0v) is 20.2. The number of halogens is 4. The van der Waals surface area contributed by atoms with Crippen LogP contribution in [-0.4, -0.2) is 48.9 Å². The molecule has 2 N–H and O–H groups in total. The second-order valence-corrected chi connectivity index (χ2v) is 6.89. The second-order valence-electron chi connectivity index (χ2n) is 6.89. The molecule has 9 nitrogen and oxygen atoms in total. The molecule has 0 fully saturated rings. The Bertz CT molecular complexity index is 1180. The van der Waals surface area contributed by atoms with Gasteiger partial charge in [-0.15, -0.1) is 0 Å². The van der Waals surface area contributed by atoms with E-state index in [1.165, 1.54) is 35.3 Å². The fourth-order valence-electron chi connectivity index (χ4n) is 3.16. The SMILES string of the molecule is F[C-](F)F.O=c1nc(N2CC=C(c3ccc(F)cc3)C(O)C2)ncn1Cc1ccc(O)nc1.[O]=[Os]. The number of benzene rings is 1. The number of nitrogens with zero attached hydrogens (tertiary/aromatic N) is 5. The van der Waals surface area contributed by atoms with Crippen LogP contribution in [0.2, 0.25) is 0 Å². The van der Waals surface area contributed by atoms with E-state index in [0.29, 0.717) is 30.7 Å². The van der Waals surface area contributed by atoms with Gasteiger partial charge in [0.25, 0.3) is 0 Å². The van der Waals surface area contributed by atoms with Crippen LogP contribution < -0.4 is 10.6 Å². The predicted octanol–water partition coefficient (Wildman–Crippen LogP) is 2.41. The van der Waals surface area contributed by atoms with Gasteiger partial charge in [0.1, 0.15) is 12.1 Å². The van der Waals surface area contributed by atoms with Crippen molar-refractivity contribution in [2.45, 2.75) is 12.6 Å². The molecular formula is C21H18F4N5O4Os-. The first-order chi connectivity index (χ1) is 16.7. The molecule has 1 atom stereocenters. The first-order valence-electron chi connectivity index (χ1n) is 9.67. The van der Waals surface area contributed by atoms with Gasteiger partial charge in [0, 0.05) is 18.8 Å². The maximum absolute atomic E-state index is 13.1. The van der Waals surface area contributed by atoms with Crippen molar-refractivity contribution in [2.75, 3.05) is 18.0 Å². The van der Waals surface area contributed by atoms with Gasteiger partial charge in [-0.05, 0) is 28.8 Å². The zero-order valence-electron chi connectivity index (χ0n) is 17.7. The molecule has 0 spiro atoms. The van der Waals surface area contributed by atoms with Gasteiger partial charge >= 0.3 is 27.8 Å². The standard InChI is InChI=1S/C20H18FN5O3.CF3.O.Os/c21-15-4-2-14(3-5-15)16-7-8-25(11-17(16)27)19-23-12-26(20(29)24-19)10-13-1-6-18(28)22-9-13;2-1(3)4;;/h1-7,9,12,17,27H,8,10-11H2,(H,22,28);;;/q;-1;;. The Hall–Kier alpha value is -3.36. The number of aromatic nitrogens is 4. The van der Waals surface area contributed by atoms with E-state index >= 15 is 0 Å². The number of rotatable bonds is 4.